The largest absolute Gasteiger partial charge is 0.373 e. The molecule has 0 saturated carbocycles. The molecule has 0 bridgehead atoms. The summed E-state index contributed by atoms with van der Waals surface area (Å²) in [5.41, 5.74) is 5.44. The molecular formula is C17H31N3O3. The summed E-state index contributed by atoms with van der Waals surface area (Å²) >= 11 is 0. The molecule has 2 fully saturated rings. The molecule has 0 radical (unpaired) electrons. The van der Waals surface area contributed by atoms with Gasteiger partial charge in [0, 0.05) is 26.2 Å². The van der Waals surface area contributed by atoms with E-state index in [1.54, 1.807) is 0 Å². The second-order valence-corrected chi connectivity index (χ2v) is 7.43. The minimum atomic E-state index is -0.294. The summed E-state index contributed by atoms with van der Waals surface area (Å²) in [5, 5.41) is 0. The number of hydrogen-bond donors (Lipinski definition) is 1. The van der Waals surface area contributed by atoms with Crippen molar-refractivity contribution in [3.8, 4) is 0 Å². The van der Waals surface area contributed by atoms with Gasteiger partial charge in [0.2, 0.25) is 11.8 Å². The molecule has 132 valence electrons. The smallest absolute Gasteiger partial charge is 0.240 e. The lowest BCUT2D eigenvalue weighted by Crippen LogP contribution is -2.59. The van der Waals surface area contributed by atoms with Crippen LogP contribution in [0.5, 0.6) is 0 Å². The summed E-state index contributed by atoms with van der Waals surface area (Å²) in [6, 6.07) is -0.157. The van der Waals surface area contributed by atoms with Gasteiger partial charge in [0.1, 0.15) is 0 Å². The van der Waals surface area contributed by atoms with E-state index in [2.05, 4.69) is 32.6 Å². The van der Waals surface area contributed by atoms with Crippen LogP contribution in [0.4, 0.5) is 0 Å². The molecule has 2 rings (SSSR count). The van der Waals surface area contributed by atoms with Crippen LogP contribution in [0.25, 0.3) is 0 Å². The highest BCUT2D eigenvalue weighted by Crippen LogP contribution is 2.23. The van der Waals surface area contributed by atoms with Crippen LogP contribution in [-0.2, 0) is 14.3 Å². The molecule has 6 heteroatoms. The number of morpholine rings is 1. The predicted molar refractivity (Wildman–Crippen MR) is 88.7 cm³/mol. The first-order chi connectivity index (χ1) is 10.8. The summed E-state index contributed by atoms with van der Waals surface area (Å²) < 4.78 is 5.79. The fourth-order valence-corrected chi connectivity index (χ4v) is 3.90. The van der Waals surface area contributed by atoms with Crippen molar-refractivity contribution in [3.63, 3.8) is 0 Å². The molecule has 0 unspecified atom stereocenters. The molecule has 0 aromatic heterocycles. The lowest BCUT2D eigenvalue weighted by Gasteiger charge is -2.43. The lowest BCUT2D eigenvalue weighted by molar-refractivity contribution is -0.147. The van der Waals surface area contributed by atoms with Crippen molar-refractivity contribution in [2.24, 2.45) is 17.6 Å². The first kappa shape index (κ1) is 18.2. The van der Waals surface area contributed by atoms with Crippen molar-refractivity contribution in [3.05, 3.63) is 0 Å². The van der Waals surface area contributed by atoms with Crippen molar-refractivity contribution in [2.75, 3.05) is 26.2 Å². The highest BCUT2D eigenvalue weighted by atomic mass is 16.5. The third-order valence-electron chi connectivity index (χ3n) is 4.86. The van der Waals surface area contributed by atoms with Crippen LogP contribution in [0.1, 0.15) is 40.5 Å². The monoisotopic (exact) mass is 325 g/mol. The Morgan fingerprint density at radius 3 is 2.26 bits per heavy atom. The molecule has 0 aromatic rings. The number of rotatable bonds is 4. The Balaban J connectivity index is 2.10. The molecule has 2 saturated heterocycles. The summed E-state index contributed by atoms with van der Waals surface area (Å²) in [5.74, 6) is -0.151. The zero-order valence-electron chi connectivity index (χ0n) is 14.8. The number of primary amides is 1. The molecule has 2 aliphatic heterocycles. The average molecular weight is 325 g/mol. The molecule has 6 nitrogen and oxygen atoms in total. The zero-order chi connectivity index (χ0) is 17.1. The van der Waals surface area contributed by atoms with Crippen LogP contribution >= 0.6 is 0 Å². The van der Waals surface area contributed by atoms with E-state index in [9.17, 15) is 9.59 Å². The Labute approximate surface area is 139 Å². The van der Waals surface area contributed by atoms with Crippen molar-refractivity contribution >= 4 is 11.8 Å². The van der Waals surface area contributed by atoms with Gasteiger partial charge in [0.05, 0.1) is 24.2 Å². The quantitative estimate of drug-likeness (QED) is 0.831. The molecule has 2 amide bonds. The molecule has 2 N–H and O–H groups in total. The van der Waals surface area contributed by atoms with E-state index in [-0.39, 0.29) is 41.9 Å². The Kier molecular flexibility index (Phi) is 6.03. The van der Waals surface area contributed by atoms with Crippen LogP contribution in [0.15, 0.2) is 0 Å². The maximum atomic E-state index is 13.1. The van der Waals surface area contributed by atoms with Crippen LogP contribution in [0, 0.1) is 11.8 Å². The zero-order valence-corrected chi connectivity index (χ0v) is 14.8. The van der Waals surface area contributed by atoms with Gasteiger partial charge in [-0.15, -0.1) is 0 Å². The molecular weight excluding hydrogens is 294 g/mol. The van der Waals surface area contributed by atoms with E-state index >= 15 is 0 Å². The summed E-state index contributed by atoms with van der Waals surface area (Å²) in [4.78, 5) is 28.7. The van der Waals surface area contributed by atoms with Gasteiger partial charge in [0.15, 0.2) is 0 Å². The van der Waals surface area contributed by atoms with Gasteiger partial charge < -0.3 is 15.4 Å². The first-order valence-electron chi connectivity index (χ1n) is 8.77. The average Bonchev–Trinajstić information content (AvgIpc) is 2.46. The summed E-state index contributed by atoms with van der Waals surface area (Å²) in [6.45, 7) is 11.0. The number of ether oxygens (including phenoxy) is 1. The maximum Gasteiger partial charge on any atom is 0.240 e. The third-order valence-corrected chi connectivity index (χ3v) is 4.86. The number of carbonyl (C=O) groups excluding carboxylic acids is 2. The van der Waals surface area contributed by atoms with Gasteiger partial charge in [-0.05, 0) is 32.6 Å². The fourth-order valence-electron chi connectivity index (χ4n) is 3.90. The Morgan fingerprint density at radius 1 is 1.13 bits per heavy atom. The van der Waals surface area contributed by atoms with Gasteiger partial charge in [-0.25, -0.2) is 0 Å². The minimum Gasteiger partial charge on any atom is -0.373 e. The van der Waals surface area contributed by atoms with Gasteiger partial charge in [-0.1, -0.05) is 13.8 Å². The molecule has 2 aliphatic rings. The van der Waals surface area contributed by atoms with Gasteiger partial charge >= 0.3 is 0 Å². The molecule has 2 heterocycles. The number of piperidine rings is 1. The number of hydrogen-bond acceptors (Lipinski definition) is 4. The number of likely N-dealkylation sites (tertiary alicyclic amines) is 1. The second-order valence-electron chi connectivity index (χ2n) is 7.43. The van der Waals surface area contributed by atoms with Crippen LogP contribution in [-0.4, -0.2) is 66.0 Å². The molecule has 0 aromatic carbocycles. The number of carbonyl (C=O) groups is 2. The highest BCUT2D eigenvalue weighted by Gasteiger charge is 2.38. The summed E-state index contributed by atoms with van der Waals surface area (Å²) in [6.07, 6.45) is 1.90. The van der Waals surface area contributed by atoms with Crippen molar-refractivity contribution in [2.45, 2.75) is 58.8 Å². The van der Waals surface area contributed by atoms with Gasteiger partial charge in [0.25, 0.3) is 0 Å². The topological polar surface area (TPSA) is 75.9 Å². The van der Waals surface area contributed by atoms with E-state index in [1.165, 1.54) is 0 Å². The second kappa shape index (κ2) is 7.62. The predicted octanol–water partition coefficient (Wildman–Crippen LogP) is 0.844. The maximum absolute atomic E-state index is 13.1. The Bertz CT molecular complexity index is 431. The molecule has 23 heavy (non-hydrogen) atoms. The van der Waals surface area contributed by atoms with Crippen molar-refractivity contribution < 1.29 is 14.3 Å². The normalized spacial score (nSPS) is 31.2. The van der Waals surface area contributed by atoms with Gasteiger partial charge in [-0.3, -0.25) is 14.5 Å². The van der Waals surface area contributed by atoms with E-state index in [0.717, 1.165) is 32.5 Å². The van der Waals surface area contributed by atoms with E-state index in [4.69, 9.17) is 10.5 Å². The van der Waals surface area contributed by atoms with Gasteiger partial charge in [-0.2, -0.15) is 0 Å². The first-order valence-corrected chi connectivity index (χ1v) is 8.77. The molecule has 0 aliphatic carbocycles. The van der Waals surface area contributed by atoms with E-state index < -0.39 is 0 Å². The third kappa shape index (κ3) is 4.44. The van der Waals surface area contributed by atoms with Crippen LogP contribution in [0.2, 0.25) is 0 Å². The SMILES string of the molecule is CC(C)[C@@H](C(=O)N1CCC[C@@H](C(N)=O)C1)N1C[C@@H](C)O[C@H](C)C1. The number of amides is 2. The van der Waals surface area contributed by atoms with E-state index in [1.807, 2.05) is 4.90 Å². The highest BCUT2D eigenvalue weighted by molar-refractivity contribution is 5.84. The standard InChI is InChI=1S/C17H31N3O3/c1-11(2)15(20-8-12(3)23-13(4)9-20)17(22)19-7-5-6-14(10-19)16(18)21/h11-15H,5-10H2,1-4H3,(H2,18,21)/t12-,13-,14-,15+/m1/s1. The van der Waals surface area contributed by atoms with Crippen LogP contribution < -0.4 is 5.73 Å². The van der Waals surface area contributed by atoms with Crippen LogP contribution in [0.3, 0.4) is 0 Å². The summed E-state index contributed by atoms with van der Waals surface area (Å²) in [7, 11) is 0. The fraction of sp³-hybridized carbons (Fsp3) is 0.882. The molecule has 0 spiro atoms. The van der Waals surface area contributed by atoms with Crippen molar-refractivity contribution in [1.29, 1.82) is 0 Å². The molecule has 4 atom stereocenters. The number of nitrogens with two attached hydrogens (primary N) is 1. The van der Waals surface area contributed by atoms with Crippen molar-refractivity contribution in [1.82, 2.24) is 9.80 Å². The minimum absolute atomic E-state index is 0.132. The number of nitrogens with zero attached hydrogens (tertiary/aromatic N) is 2. The lowest BCUT2D eigenvalue weighted by atomic mass is 9.94. The Hall–Kier alpha value is -1.14. The van der Waals surface area contributed by atoms with E-state index in [0.29, 0.717) is 6.54 Å². The Morgan fingerprint density at radius 2 is 1.74 bits per heavy atom.